The second-order valence-corrected chi connectivity index (χ2v) is 2.06. The second kappa shape index (κ2) is 3.10. The molecule has 1 aromatic carbocycles. The first-order valence-electron chi connectivity index (χ1n) is 3.02. The molecule has 0 amide bonds. The largest absolute Gasteiger partial charge is 0.326 e. The van der Waals surface area contributed by atoms with Gasteiger partial charge in [-0.25, -0.2) is 17.6 Å². The first kappa shape index (κ1) is 8.99. The van der Waals surface area contributed by atoms with Crippen LogP contribution >= 0.6 is 0 Å². The van der Waals surface area contributed by atoms with Gasteiger partial charge in [0.25, 0.3) is 0 Å². The molecular weight excluding hydrogens is 174 g/mol. The SMILES string of the molecule is NCc1c(F)c(F)[c]c(F)c1F. The zero-order valence-electron chi connectivity index (χ0n) is 5.80. The average molecular weight is 178 g/mol. The van der Waals surface area contributed by atoms with E-state index < -0.39 is 35.4 Å². The number of hydrogen-bond donors (Lipinski definition) is 1. The van der Waals surface area contributed by atoms with Crippen LogP contribution in [0.2, 0.25) is 0 Å². The van der Waals surface area contributed by atoms with Crippen LogP contribution in [-0.2, 0) is 6.54 Å². The Bertz CT molecular complexity index is 285. The van der Waals surface area contributed by atoms with Gasteiger partial charge in [-0.15, -0.1) is 0 Å². The van der Waals surface area contributed by atoms with Crippen LogP contribution in [0.25, 0.3) is 0 Å². The molecule has 65 valence electrons. The van der Waals surface area contributed by atoms with Crippen molar-refractivity contribution in [3.63, 3.8) is 0 Å². The highest BCUT2D eigenvalue weighted by Crippen LogP contribution is 2.17. The van der Waals surface area contributed by atoms with Gasteiger partial charge in [-0.05, 0) is 0 Å². The summed E-state index contributed by atoms with van der Waals surface area (Å²) in [7, 11) is 0. The fourth-order valence-electron chi connectivity index (χ4n) is 0.747. The molecule has 0 aliphatic carbocycles. The van der Waals surface area contributed by atoms with E-state index in [0.717, 1.165) is 0 Å². The first-order valence-corrected chi connectivity index (χ1v) is 3.02. The van der Waals surface area contributed by atoms with Crippen LogP contribution in [0.15, 0.2) is 0 Å². The minimum absolute atomic E-state index is 0.597. The van der Waals surface area contributed by atoms with Gasteiger partial charge >= 0.3 is 0 Å². The number of benzene rings is 1. The summed E-state index contributed by atoms with van der Waals surface area (Å²) in [6.45, 7) is -0.597. The fraction of sp³-hybridized carbons (Fsp3) is 0.143. The molecular formula is C7H4F4N. The fourth-order valence-corrected chi connectivity index (χ4v) is 0.747. The lowest BCUT2D eigenvalue weighted by Crippen LogP contribution is -2.07. The summed E-state index contributed by atoms with van der Waals surface area (Å²) in [6, 6.07) is 1.24. The molecule has 0 fully saturated rings. The van der Waals surface area contributed by atoms with Crippen LogP contribution in [0, 0.1) is 29.3 Å². The molecule has 0 bridgehead atoms. The molecule has 0 atom stereocenters. The Morgan fingerprint density at radius 2 is 1.42 bits per heavy atom. The van der Waals surface area contributed by atoms with Gasteiger partial charge in [-0.1, -0.05) is 0 Å². The molecule has 0 aromatic heterocycles. The highest BCUT2D eigenvalue weighted by atomic mass is 19.2. The van der Waals surface area contributed by atoms with Crippen molar-refractivity contribution in [3.8, 4) is 0 Å². The van der Waals surface area contributed by atoms with Gasteiger partial charge < -0.3 is 5.73 Å². The molecule has 5 heteroatoms. The van der Waals surface area contributed by atoms with Gasteiger partial charge in [-0.2, -0.15) is 0 Å². The van der Waals surface area contributed by atoms with Crippen molar-refractivity contribution >= 4 is 0 Å². The number of rotatable bonds is 1. The van der Waals surface area contributed by atoms with Crippen molar-refractivity contribution in [1.82, 2.24) is 0 Å². The molecule has 12 heavy (non-hydrogen) atoms. The highest BCUT2D eigenvalue weighted by molar-refractivity contribution is 5.21. The molecule has 1 rings (SSSR count). The third-order valence-electron chi connectivity index (χ3n) is 1.34. The lowest BCUT2D eigenvalue weighted by Gasteiger charge is -2.02. The molecule has 2 N–H and O–H groups in total. The number of halogens is 4. The molecule has 0 aliphatic heterocycles. The van der Waals surface area contributed by atoms with E-state index in [1.807, 2.05) is 0 Å². The van der Waals surface area contributed by atoms with Gasteiger partial charge in [0.15, 0.2) is 23.3 Å². The topological polar surface area (TPSA) is 26.0 Å². The summed E-state index contributed by atoms with van der Waals surface area (Å²) in [5.74, 6) is -6.10. The third-order valence-corrected chi connectivity index (χ3v) is 1.34. The Kier molecular flexibility index (Phi) is 2.32. The molecule has 1 radical (unpaired) electrons. The Hall–Kier alpha value is -1.10. The monoisotopic (exact) mass is 178 g/mol. The Morgan fingerprint density at radius 1 is 1.00 bits per heavy atom. The number of hydrogen-bond acceptors (Lipinski definition) is 1. The lowest BCUT2D eigenvalue weighted by molar-refractivity contribution is 0.437. The Balaban J connectivity index is 3.42. The van der Waals surface area contributed by atoms with E-state index in [0.29, 0.717) is 0 Å². The van der Waals surface area contributed by atoms with Gasteiger partial charge in [0, 0.05) is 12.1 Å². The molecule has 0 aliphatic rings. The second-order valence-electron chi connectivity index (χ2n) is 2.06. The maximum atomic E-state index is 12.5. The van der Waals surface area contributed by atoms with E-state index in [-0.39, 0.29) is 0 Å². The van der Waals surface area contributed by atoms with Gasteiger partial charge in [0.2, 0.25) is 0 Å². The van der Waals surface area contributed by atoms with Crippen molar-refractivity contribution in [2.24, 2.45) is 5.73 Å². The van der Waals surface area contributed by atoms with Crippen molar-refractivity contribution in [1.29, 1.82) is 0 Å². The van der Waals surface area contributed by atoms with E-state index in [2.05, 4.69) is 0 Å². The van der Waals surface area contributed by atoms with Crippen LogP contribution in [-0.4, -0.2) is 0 Å². The third kappa shape index (κ3) is 1.27. The summed E-state index contributed by atoms with van der Waals surface area (Å²) >= 11 is 0. The van der Waals surface area contributed by atoms with Crippen molar-refractivity contribution < 1.29 is 17.6 Å². The van der Waals surface area contributed by atoms with Crippen LogP contribution < -0.4 is 5.73 Å². The van der Waals surface area contributed by atoms with Gasteiger partial charge in [0.1, 0.15) is 0 Å². The minimum Gasteiger partial charge on any atom is -0.326 e. The van der Waals surface area contributed by atoms with Crippen LogP contribution in [0.5, 0.6) is 0 Å². The Morgan fingerprint density at radius 3 is 1.75 bits per heavy atom. The number of nitrogens with two attached hydrogens (primary N) is 1. The van der Waals surface area contributed by atoms with Crippen LogP contribution in [0.3, 0.4) is 0 Å². The van der Waals surface area contributed by atoms with Gasteiger partial charge in [0.05, 0.1) is 6.07 Å². The van der Waals surface area contributed by atoms with Crippen molar-refractivity contribution in [3.05, 3.63) is 34.9 Å². The van der Waals surface area contributed by atoms with E-state index >= 15 is 0 Å². The smallest absolute Gasteiger partial charge is 0.170 e. The predicted octanol–water partition coefficient (Wildman–Crippen LogP) is 1.50. The molecule has 0 unspecified atom stereocenters. The standard InChI is InChI=1S/C7H4F4N/c8-4-1-5(9)7(11)3(2-12)6(4)10/h2,12H2. The van der Waals surface area contributed by atoms with E-state index in [9.17, 15) is 17.6 Å². The molecule has 0 heterocycles. The van der Waals surface area contributed by atoms with Crippen LogP contribution in [0.4, 0.5) is 17.6 Å². The summed E-state index contributed by atoms with van der Waals surface area (Å²) < 4.78 is 49.7. The molecule has 0 saturated heterocycles. The maximum Gasteiger partial charge on any atom is 0.170 e. The Labute approximate surface area is 65.8 Å². The zero-order valence-corrected chi connectivity index (χ0v) is 5.80. The van der Waals surface area contributed by atoms with E-state index in [1.54, 1.807) is 0 Å². The summed E-state index contributed by atoms with van der Waals surface area (Å²) in [6.07, 6.45) is 0. The van der Waals surface area contributed by atoms with Crippen LogP contribution in [0.1, 0.15) is 5.56 Å². The average Bonchev–Trinajstić information content (AvgIpc) is 2.02. The predicted molar refractivity (Wildman–Crippen MR) is 33.0 cm³/mol. The maximum absolute atomic E-state index is 12.5. The molecule has 0 spiro atoms. The molecule has 1 nitrogen and oxygen atoms in total. The van der Waals surface area contributed by atoms with E-state index in [4.69, 9.17) is 5.73 Å². The highest BCUT2D eigenvalue weighted by Gasteiger charge is 2.17. The van der Waals surface area contributed by atoms with Crippen molar-refractivity contribution in [2.45, 2.75) is 6.54 Å². The van der Waals surface area contributed by atoms with Crippen molar-refractivity contribution in [2.75, 3.05) is 0 Å². The van der Waals surface area contributed by atoms with Gasteiger partial charge in [-0.3, -0.25) is 0 Å². The summed E-state index contributed by atoms with van der Waals surface area (Å²) in [5.41, 5.74) is 4.06. The van der Waals surface area contributed by atoms with E-state index in [1.165, 1.54) is 6.07 Å². The summed E-state index contributed by atoms with van der Waals surface area (Å²) in [4.78, 5) is 0. The lowest BCUT2D eigenvalue weighted by atomic mass is 10.2. The first-order chi connectivity index (χ1) is 5.57. The summed E-state index contributed by atoms with van der Waals surface area (Å²) in [5, 5.41) is 0. The zero-order chi connectivity index (χ0) is 9.30. The molecule has 1 aromatic rings. The molecule has 0 saturated carbocycles. The minimum atomic E-state index is -1.56. The normalized spacial score (nSPS) is 10.4. The quantitative estimate of drug-likeness (QED) is 0.511.